The van der Waals surface area contributed by atoms with E-state index in [4.69, 9.17) is 10.00 Å². The van der Waals surface area contributed by atoms with E-state index in [0.717, 1.165) is 24.1 Å². The molecule has 1 atom stereocenters. The molecule has 1 amide bonds. The molecule has 3 rings (SSSR count). The van der Waals surface area contributed by atoms with Crippen molar-refractivity contribution >= 4 is 17.6 Å². The van der Waals surface area contributed by atoms with Crippen LogP contribution in [0.25, 0.3) is 0 Å². The molecule has 1 aromatic carbocycles. The van der Waals surface area contributed by atoms with E-state index in [1.165, 1.54) is 0 Å². The van der Waals surface area contributed by atoms with Gasteiger partial charge in [-0.1, -0.05) is 0 Å². The number of rotatable bonds is 4. The Morgan fingerprint density at radius 3 is 2.50 bits per heavy atom. The first-order valence-electron chi connectivity index (χ1n) is 10.0. The molecular weight excluding hydrogens is 399 g/mol. The molecular formula is C21H24F3N3O3. The van der Waals surface area contributed by atoms with E-state index in [9.17, 15) is 22.8 Å². The number of nitrogens with zero attached hydrogens (tertiary/aromatic N) is 2. The lowest BCUT2D eigenvalue weighted by atomic mass is 9.92. The Kier molecular flexibility index (Phi) is 6.54. The number of halogens is 3. The van der Waals surface area contributed by atoms with Gasteiger partial charge < -0.3 is 15.0 Å². The first-order chi connectivity index (χ1) is 14.2. The number of hydrogen-bond donors (Lipinski definition) is 1. The summed E-state index contributed by atoms with van der Waals surface area (Å²) in [6.07, 6.45) is -2.13. The summed E-state index contributed by atoms with van der Waals surface area (Å²) in [4.78, 5) is 24.5. The molecule has 0 spiro atoms. The Hall–Kier alpha value is -2.76. The number of ether oxygens (including phenoxy) is 1. The van der Waals surface area contributed by atoms with Crippen LogP contribution in [0.2, 0.25) is 0 Å². The fourth-order valence-electron chi connectivity index (χ4n) is 4.10. The molecule has 0 unspecified atom stereocenters. The number of carbonyl (C=O) groups is 2. The predicted octanol–water partition coefficient (Wildman–Crippen LogP) is 3.69. The van der Waals surface area contributed by atoms with Gasteiger partial charge in [0.2, 0.25) is 0 Å². The van der Waals surface area contributed by atoms with E-state index < -0.39 is 24.1 Å². The number of amides is 1. The molecule has 2 fully saturated rings. The number of likely N-dealkylation sites (tertiary alicyclic amines) is 1. The molecule has 1 saturated heterocycles. The second-order valence-electron chi connectivity index (χ2n) is 7.85. The molecule has 0 radical (unpaired) electrons. The number of benzene rings is 1. The van der Waals surface area contributed by atoms with Crippen LogP contribution in [0.4, 0.5) is 18.9 Å². The Balaban J connectivity index is 1.50. The summed E-state index contributed by atoms with van der Waals surface area (Å²) >= 11 is 0. The second-order valence-corrected chi connectivity index (χ2v) is 7.85. The topological polar surface area (TPSA) is 82.4 Å². The van der Waals surface area contributed by atoms with Crippen molar-refractivity contribution in [3.8, 4) is 6.07 Å². The lowest BCUT2D eigenvalue weighted by Crippen LogP contribution is -2.48. The van der Waals surface area contributed by atoms with E-state index in [-0.39, 0.29) is 25.1 Å². The van der Waals surface area contributed by atoms with Crippen molar-refractivity contribution < 1.29 is 27.5 Å². The van der Waals surface area contributed by atoms with Gasteiger partial charge >= 0.3 is 18.1 Å². The van der Waals surface area contributed by atoms with Crippen molar-refractivity contribution in [2.45, 2.75) is 69.8 Å². The average molecular weight is 423 g/mol. The van der Waals surface area contributed by atoms with Crippen LogP contribution >= 0.6 is 0 Å². The maximum Gasteiger partial charge on any atom is 0.471 e. The van der Waals surface area contributed by atoms with Crippen LogP contribution in [-0.4, -0.2) is 47.7 Å². The van der Waals surface area contributed by atoms with Gasteiger partial charge in [0.15, 0.2) is 0 Å². The molecule has 0 aromatic heterocycles. The zero-order valence-electron chi connectivity index (χ0n) is 16.7. The third kappa shape index (κ3) is 5.04. The van der Waals surface area contributed by atoms with Gasteiger partial charge in [-0.3, -0.25) is 4.79 Å². The van der Waals surface area contributed by atoms with Crippen molar-refractivity contribution in [3.63, 3.8) is 0 Å². The summed E-state index contributed by atoms with van der Waals surface area (Å²) in [5.41, 5.74) is 2.51. The van der Waals surface area contributed by atoms with Crippen LogP contribution in [0.5, 0.6) is 0 Å². The maximum absolute atomic E-state index is 12.7. The van der Waals surface area contributed by atoms with Crippen LogP contribution in [0, 0.1) is 18.3 Å². The van der Waals surface area contributed by atoms with Gasteiger partial charge in [0, 0.05) is 18.3 Å². The Morgan fingerprint density at radius 1 is 1.20 bits per heavy atom. The Morgan fingerprint density at radius 2 is 1.90 bits per heavy atom. The standard InChI is InChI=1S/C21H24F3N3O3/c1-13-11-14(12-25)4-9-17(13)26-15-5-7-16(8-6-15)30-19(28)18-3-2-10-27(18)20(29)21(22,23)24/h4,9,11,15-16,18,26H,2-3,5-8,10H2,1H3/t15?,16?,18-/m0/s1. The minimum Gasteiger partial charge on any atom is -0.461 e. The van der Waals surface area contributed by atoms with Crippen molar-refractivity contribution in [1.29, 1.82) is 5.26 Å². The Bertz CT molecular complexity index is 842. The van der Waals surface area contributed by atoms with Gasteiger partial charge in [0.1, 0.15) is 12.1 Å². The summed E-state index contributed by atoms with van der Waals surface area (Å²) in [7, 11) is 0. The molecule has 1 heterocycles. The van der Waals surface area contributed by atoms with Crippen LogP contribution < -0.4 is 5.32 Å². The lowest BCUT2D eigenvalue weighted by Gasteiger charge is -2.31. The number of carbonyl (C=O) groups excluding carboxylic acids is 2. The fraction of sp³-hybridized carbons (Fsp3) is 0.571. The molecule has 1 saturated carbocycles. The van der Waals surface area contributed by atoms with Gasteiger partial charge in [-0.05, 0) is 69.2 Å². The van der Waals surface area contributed by atoms with Crippen LogP contribution in [-0.2, 0) is 14.3 Å². The summed E-state index contributed by atoms with van der Waals surface area (Å²) < 4.78 is 43.6. The third-order valence-electron chi connectivity index (χ3n) is 5.70. The monoisotopic (exact) mass is 423 g/mol. The highest BCUT2D eigenvalue weighted by Gasteiger charge is 2.48. The van der Waals surface area contributed by atoms with Crippen LogP contribution in [0.3, 0.4) is 0 Å². The van der Waals surface area contributed by atoms with Gasteiger partial charge in [0.05, 0.1) is 11.6 Å². The molecule has 1 aromatic rings. The molecule has 6 nitrogen and oxygen atoms in total. The van der Waals surface area contributed by atoms with Crippen molar-refractivity contribution in [2.24, 2.45) is 0 Å². The van der Waals surface area contributed by atoms with Gasteiger partial charge in [-0.25, -0.2) is 4.79 Å². The normalized spacial score (nSPS) is 24.2. The van der Waals surface area contributed by atoms with Crippen molar-refractivity contribution in [3.05, 3.63) is 29.3 Å². The van der Waals surface area contributed by atoms with Crippen LogP contribution in [0.15, 0.2) is 18.2 Å². The van der Waals surface area contributed by atoms with E-state index in [0.29, 0.717) is 29.7 Å². The molecule has 1 N–H and O–H groups in total. The zero-order chi connectivity index (χ0) is 21.9. The first kappa shape index (κ1) is 21.9. The number of nitriles is 1. The van der Waals surface area contributed by atoms with E-state index in [2.05, 4.69) is 11.4 Å². The van der Waals surface area contributed by atoms with Gasteiger partial charge in [-0.2, -0.15) is 18.4 Å². The van der Waals surface area contributed by atoms with E-state index >= 15 is 0 Å². The van der Waals surface area contributed by atoms with Gasteiger partial charge in [0.25, 0.3) is 0 Å². The number of hydrogen-bond acceptors (Lipinski definition) is 5. The number of alkyl halides is 3. The number of nitrogens with one attached hydrogen (secondary N) is 1. The fourth-order valence-corrected chi connectivity index (χ4v) is 4.10. The molecule has 2 aliphatic rings. The van der Waals surface area contributed by atoms with Crippen LogP contribution in [0.1, 0.15) is 49.7 Å². The highest BCUT2D eigenvalue weighted by molar-refractivity contribution is 5.88. The second kappa shape index (κ2) is 8.94. The zero-order valence-corrected chi connectivity index (χ0v) is 16.7. The smallest absolute Gasteiger partial charge is 0.461 e. The largest absolute Gasteiger partial charge is 0.471 e. The van der Waals surface area contributed by atoms with E-state index in [1.54, 1.807) is 6.07 Å². The third-order valence-corrected chi connectivity index (χ3v) is 5.70. The molecule has 1 aliphatic heterocycles. The molecule has 9 heteroatoms. The summed E-state index contributed by atoms with van der Waals surface area (Å²) in [5.74, 6) is -2.72. The molecule has 1 aliphatic carbocycles. The highest BCUT2D eigenvalue weighted by Crippen LogP contribution is 2.29. The quantitative estimate of drug-likeness (QED) is 0.747. The van der Waals surface area contributed by atoms with Crippen molar-refractivity contribution in [1.82, 2.24) is 4.90 Å². The molecule has 162 valence electrons. The first-order valence-corrected chi connectivity index (χ1v) is 10.0. The summed E-state index contributed by atoms with van der Waals surface area (Å²) in [6, 6.07) is 6.55. The van der Waals surface area contributed by atoms with Gasteiger partial charge in [-0.15, -0.1) is 0 Å². The predicted molar refractivity (Wildman–Crippen MR) is 102 cm³/mol. The number of anilines is 1. The SMILES string of the molecule is Cc1cc(C#N)ccc1NC1CCC(OC(=O)[C@@H]2CCCN2C(=O)C(F)(F)F)CC1. The average Bonchev–Trinajstić information content (AvgIpc) is 3.19. The number of esters is 1. The highest BCUT2D eigenvalue weighted by atomic mass is 19.4. The molecule has 30 heavy (non-hydrogen) atoms. The van der Waals surface area contributed by atoms with Crippen molar-refractivity contribution in [2.75, 3.05) is 11.9 Å². The molecule has 0 bridgehead atoms. The lowest BCUT2D eigenvalue weighted by molar-refractivity contribution is -0.189. The summed E-state index contributed by atoms with van der Waals surface area (Å²) in [6.45, 7) is 1.84. The van der Waals surface area contributed by atoms with E-state index in [1.807, 2.05) is 19.1 Å². The number of aryl methyl sites for hydroxylation is 1. The Labute approximate surface area is 173 Å². The minimum atomic E-state index is -4.99. The summed E-state index contributed by atoms with van der Waals surface area (Å²) in [5, 5.41) is 12.4. The minimum absolute atomic E-state index is 0.0846. The maximum atomic E-state index is 12.7.